The minimum Gasteiger partial charge on any atom is -0.325 e. The molecule has 0 unspecified atom stereocenters. The first-order valence-electron chi connectivity index (χ1n) is 7.75. The summed E-state index contributed by atoms with van der Waals surface area (Å²) in [4.78, 5) is 23.9. The third-order valence-corrected chi connectivity index (χ3v) is 4.35. The number of carbonyl (C=O) groups is 1. The first-order valence-corrected chi connectivity index (χ1v) is 8.51. The van der Waals surface area contributed by atoms with Gasteiger partial charge in [-0.05, 0) is 36.9 Å². The number of hydrogen-bond donors (Lipinski definition) is 1. The Balaban J connectivity index is 2.04. The molecule has 0 spiro atoms. The largest absolute Gasteiger partial charge is 0.417 e. The van der Waals surface area contributed by atoms with Gasteiger partial charge in [0.1, 0.15) is 0 Å². The Hall–Kier alpha value is -2.36. The van der Waals surface area contributed by atoms with Crippen LogP contribution in [0.5, 0.6) is 0 Å². The number of nitrogens with zero attached hydrogens (tertiary/aromatic N) is 2. The third kappa shape index (κ3) is 5.82. The molecule has 28 heavy (non-hydrogen) atoms. The van der Waals surface area contributed by atoms with Crippen molar-refractivity contribution in [3.05, 3.63) is 67.7 Å². The van der Waals surface area contributed by atoms with Crippen LogP contribution in [0.3, 0.4) is 0 Å². The Bertz CT molecular complexity index is 907. The number of likely N-dealkylation sites (N-methyl/N-ethyl adjacent to an activating group) is 1. The highest BCUT2D eigenvalue weighted by atomic mass is 35.5. The van der Waals surface area contributed by atoms with Crippen LogP contribution < -0.4 is 5.32 Å². The third-order valence-electron chi connectivity index (χ3n) is 3.65. The molecule has 2 aromatic carbocycles. The number of nitro groups is 1. The number of rotatable bonds is 6. The number of anilines is 1. The number of nitro benzene ring substituents is 1. The summed E-state index contributed by atoms with van der Waals surface area (Å²) in [5, 5.41) is 13.0. The minimum atomic E-state index is -4.65. The quantitative estimate of drug-likeness (QED) is 0.512. The van der Waals surface area contributed by atoms with Crippen molar-refractivity contribution in [2.75, 3.05) is 18.9 Å². The van der Waals surface area contributed by atoms with E-state index in [4.69, 9.17) is 23.2 Å². The predicted octanol–water partition coefficient (Wildman–Crippen LogP) is 4.99. The Kier molecular flexibility index (Phi) is 6.87. The topological polar surface area (TPSA) is 75.5 Å². The molecule has 0 saturated heterocycles. The van der Waals surface area contributed by atoms with Gasteiger partial charge in [0.15, 0.2) is 0 Å². The monoisotopic (exact) mass is 435 g/mol. The van der Waals surface area contributed by atoms with Gasteiger partial charge in [0.25, 0.3) is 5.69 Å². The summed E-state index contributed by atoms with van der Waals surface area (Å²) in [6, 6.07) is 7.00. The maximum Gasteiger partial charge on any atom is 0.417 e. The zero-order chi connectivity index (χ0) is 21.1. The smallest absolute Gasteiger partial charge is 0.325 e. The van der Waals surface area contributed by atoms with Gasteiger partial charge in [0, 0.05) is 29.4 Å². The first-order chi connectivity index (χ1) is 13.0. The first kappa shape index (κ1) is 21.9. The molecule has 0 aliphatic carbocycles. The second kappa shape index (κ2) is 8.76. The van der Waals surface area contributed by atoms with Crippen LogP contribution in [0.25, 0.3) is 0 Å². The van der Waals surface area contributed by atoms with Crippen LogP contribution in [0.4, 0.5) is 24.5 Å². The molecule has 0 bridgehead atoms. The van der Waals surface area contributed by atoms with Crippen molar-refractivity contribution in [1.29, 1.82) is 0 Å². The molecule has 2 aromatic rings. The molecule has 0 atom stereocenters. The summed E-state index contributed by atoms with van der Waals surface area (Å²) in [6.07, 6.45) is -4.65. The molecule has 0 aliphatic rings. The molecular formula is C17H14Cl2F3N3O3. The van der Waals surface area contributed by atoms with Crippen molar-refractivity contribution in [2.24, 2.45) is 0 Å². The van der Waals surface area contributed by atoms with E-state index in [1.165, 1.54) is 29.2 Å². The highest BCUT2D eigenvalue weighted by molar-refractivity contribution is 6.31. The Labute approximate surface area is 168 Å². The van der Waals surface area contributed by atoms with Crippen LogP contribution in [0.15, 0.2) is 36.4 Å². The van der Waals surface area contributed by atoms with Gasteiger partial charge in [0.05, 0.1) is 22.1 Å². The van der Waals surface area contributed by atoms with Crippen molar-refractivity contribution < 1.29 is 22.9 Å². The molecule has 6 nitrogen and oxygen atoms in total. The van der Waals surface area contributed by atoms with Crippen LogP contribution in [-0.2, 0) is 17.5 Å². The van der Waals surface area contributed by atoms with Gasteiger partial charge in [-0.2, -0.15) is 13.2 Å². The van der Waals surface area contributed by atoms with Gasteiger partial charge >= 0.3 is 6.18 Å². The van der Waals surface area contributed by atoms with Crippen molar-refractivity contribution in [2.45, 2.75) is 12.7 Å². The van der Waals surface area contributed by atoms with Crippen LogP contribution in [0.1, 0.15) is 11.1 Å². The van der Waals surface area contributed by atoms with Gasteiger partial charge in [-0.15, -0.1) is 0 Å². The maximum absolute atomic E-state index is 12.9. The fraction of sp³-hybridized carbons (Fsp3) is 0.235. The standard InChI is InChI=1S/C17H14Cl2F3N3O3/c1-24(8-10-6-12(25(27)28)3-5-14(10)18)9-16(26)23-11-2-4-15(19)13(7-11)17(20,21)22/h2-7H,8-9H2,1H3,(H,23,26). The summed E-state index contributed by atoms with van der Waals surface area (Å²) in [6.45, 7) is -0.0502. The Morgan fingerprint density at radius 2 is 1.82 bits per heavy atom. The van der Waals surface area contributed by atoms with E-state index >= 15 is 0 Å². The number of carbonyl (C=O) groups excluding carboxylic acids is 1. The molecule has 0 aliphatic heterocycles. The Morgan fingerprint density at radius 1 is 1.18 bits per heavy atom. The zero-order valence-corrected chi connectivity index (χ0v) is 15.9. The van der Waals surface area contributed by atoms with Gasteiger partial charge in [-0.3, -0.25) is 19.8 Å². The number of alkyl halides is 3. The van der Waals surface area contributed by atoms with Gasteiger partial charge < -0.3 is 5.32 Å². The van der Waals surface area contributed by atoms with Crippen LogP contribution in [-0.4, -0.2) is 29.3 Å². The van der Waals surface area contributed by atoms with Crippen LogP contribution in [0.2, 0.25) is 10.0 Å². The highest BCUT2D eigenvalue weighted by Crippen LogP contribution is 2.36. The molecule has 150 valence electrons. The second-order valence-electron chi connectivity index (χ2n) is 5.95. The van der Waals surface area contributed by atoms with Gasteiger partial charge in [0.2, 0.25) is 5.91 Å². The maximum atomic E-state index is 12.9. The summed E-state index contributed by atoms with van der Waals surface area (Å²) in [5.74, 6) is -0.570. The predicted molar refractivity (Wildman–Crippen MR) is 99.5 cm³/mol. The highest BCUT2D eigenvalue weighted by Gasteiger charge is 2.33. The molecule has 0 saturated carbocycles. The summed E-state index contributed by atoms with van der Waals surface area (Å²) in [5.41, 5.74) is -0.803. The van der Waals surface area contributed by atoms with Gasteiger partial charge in [-0.1, -0.05) is 23.2 Å². The number of nitrogens with one attached hydrogen (secondary N) is 1. The zero-order valence-electron chi connectivity index (χ0n) is 14.4. The average molecular weight is 436 g/mol. The fourth-order valence-corrected chi connectivity index (χ4v) is 2.81. The van der Waals surface area contributed by atoms with Crippen molar-refractivity contribution in [3.8, 4) is 0 Å². The fourth-order valence-electron chi connectivity index (χ4n) is 2.41. The van der Waals surface area contributed by atoms with E-state index in [1.807, 2.05) is 0 Å². The van der Waals surface area contributed by atoms with Crippen LogP contribution >= 0.6 is 23.2 Å². The number of halogens is 5. The number of hydrogen-bond acceptors (Lipinski definition) is 4. The summed E-state index contributed by atoms with van der Waals surface area (Å²) < 4.78 is 38.6. The van der Waals surface area contributed by atoms with E-state index < -0.39 is 27.6 Å². The normalized spacial score (nSPS) is 11.5. The van der Waals surface area contributed by atoms with Crippen molar-refractivity contribution in [1.82, 2.24) is 4.90 Å². The summed E-state index contributed by atoms with van der Waals surface area (Å²) in [7, 11) is 1.57. The van der Waals surface area contributed by atoms with E-state index in [9.17, 15) is 28.1 Å². The molecule has 0 fully saturated rings. The van der Waals surface area contributed by atoms with Crippen LogP contribution in [0, 0.1) is 10.1 Å². The van der Waals surface area contributed by atoms with E-state index in [1.54, 1.807) is 7.05 Å². The molecular weight excluding hydrogens is 422 g/mol. The number of benzene rings is 2. The van der Waals surface area contributed by atoms with Crippen molar-refractivity contribution >= 4 is 40.5 Å². The molecule has 0 heterocycles. The molecule has 2 rings (SSSR count). The lowest BCUT2D eigenvalue weighted by molar-refractivity contribution is -0.384. The molecule has 11 heteroatoms. The van der Waals surface area contributed by atoms with E-state index in [2.05, 4.69) is 5.32 Å². The summed E-state index contributed by atoms with van der Waals surface area (Å²) >= 11 is 11.6. The lowest BCUT2D eigenvalue weighted by atomic mass is 10.2. The molecule has 1 amide bonds. The number of amides is 1. The van der Waals surface area contributed by atoms with E-state index in [-0.39, 0.29) is 24.5 Å². The Morgan fingerprint density at radius 3 is 2.43 bits per heavy atom. The number of non-ortho nitro benzene ring substituents is 1. The van der Waals surface area contributed by atoms with E-state index in [0.29, 0.717) is 10.6 Å². The molecule has 1 N–H and O–H groups in total. The SMILES string of the molecule is CN(CC(=O)Nc1ccc(Cl)c(C(F)(F)F)c1)Cc1cc([N+](=O)[O-])ccc1Cl. The van der Waals surface area contributed by atoms with Gasteiger partial charge in [-0.25, -0.2) is 0 Å². The molecule has 0 aromatic heterocycles. The van der Waals surface area contributed by atoms with E-state index in [0.717, 1.165) is 12.1 Å². The average Bonchev–Trinajstić information content (AvgIpc) is 2.57. The van der Waals surface area contributed by atoms with Crippen molar-refractivity contribution in [3.63, 3.8) is 0 Å². The minimum absolute atomic E-state index is 0.0523. The lowest BCUT2D eigenvalue weighted by Gasteiger charge is -2.17. The lowest BCUT2D eigenvalue weighted by Crippen LogP contribution is -2.30. The molecule has 0 radical (unpaired) electrons. The second-order valence-corrected chi connectivity index (χ2v) is 6.76.